The summed E-state index contributed by atoms with van der Waals surface area (Å²) < 4.78 is 5.78. The maximum atomic E-state index is 12.3. The fourth-order valence-corrected chi connectivity index (χ4v) is 3.34. The third-order valence-corrected chi connectivity index (χ3v) is 4.79. The molecule has 1 heterocycles. The molecular weight excluding hydrogens is 354 g/mol. The summed E-state index contributed by atoms with van der Waals surface area (Å²) in [7, 11) is 1.60. The molecule has 1 atom stereocenters. The van der Waals surface area contributed by atoms with Gasteiger partial charge in [-0.2, -0.15) is 0 Å². The molecular formula is C22H27N3O3. The number of carbonyl (C=O) groups is 2. The van der Waals surface area contributed by atoms with Gasteiger partial charge < -0.3 is 15.4 Å². The van der Waals surface area contributed by atoms with Crippen molar-refractivity contribution < 1.29 is 14.3 Å². The SMILES string of the molecule is CNC(=O)c1cccc(CNC(=O)C[C@@H]2CN(Cc3ccccc3)CCO2)c1. The Labute approximate surface area is 165 Å². The van der Waals surface area contributed by atoms with Gasteiger partial charge in [0, 0.05) is 38.8 Å². The lowest BCUT2D eigenvalue weighted by molar-refractivity contribution is -0.126. The molecule has 2 aromatic rings. The Kier molecular flexibility index (Phi) is 7.17. The van der Waals surface area contributed by atoms with E-state index in [1.165, 1.54) is 5.56 Å². The minimum Gasteiger partial charge on any atom is -0.375 e. The highest BCUT2D eigenvalue weighted by Gasteiger charge is 2.22. The summed E-state index contributed by atoms with van der Waals surface area (Å²) >= 11 is 0. The Balaban J connectivity index is 1.46. The second-order valence-electron chi connectivity index (χ2n) is 6.97. The first kappa shape index (κ1) is 20.0. The van der Waals surface area contributed by atoms with E-state index in [0.717, 1.165) is 25.2 Å². The van der Waals surface area contributed by atoms with Crippen molar-refractivity contribution in [1.29, 1.82) is 0 Å². The fourth-order valence-electron chi connectivity index (χ4n) is 3.34. The Bertz CT molecular complexity index is 795. The highest BCUT2D eigenvalue weighted by molar-refractivity contribution is 5.94. The van der Waals surface area contributed by atoms with Crippen LogP contribution < -0.4 is 10.6 Å². The van der Waals surface area contributed by atoms with Crippen molar-refractivity contribution in [3.63, 3.8) is 0 Å². The molecule has 3 rings (SSSR count). The minimum atomic E-state index is -0.137. The van der Waals surface area contributed by atoms with E-state index in [2.05, 4.69) is 27.7 Å². The highest BCUT2D eigenvalue weighted by atomic mass is 16.5. The number of hydrogen-bond acceptors (Lipinski definition) is 4. The molecule has 1 fully saturated rings. The number of carbonyl (C=O) groups excluding carboxylic acids is 2. The van der Waals surface area contributed by atoms with Gasteiger partial charge in [0.2, 0.25) is 5.91 Å². The molecule has 1 saturated heterocycles. The molecule has 148 valence electrons. The van der Waals surface area contributed by atoms with Crippen LogP contribution in [0.25, 0.3) is 0 Å². The van der Waals surface area contributed by atoms with E-state index < -0.39 is 0 Å². The van der Waals surface area contributed by atoms with Crippen LogP contribution in [0.15, 0.2) is 54.6 Å². The lowest BCUT2D eigenvalue weighted by Gasteiger charge is -2.32. The van der Waals surface area contributed by atoms with Gasteiger partial charge in [0.15, 0.2) is 0 Å². The normalized spacial score (nSPS) is 17.1. The molecule has 0 aliphatic carbocycles. The van der Waals surface area contributed by atoms with Gasteiger partial charge in [-0.15, -0.1) is 0 Å². The maximum absolute atomic E-state index is 12.3. The number of hydrogen-bond donors (Lipinski definition) is 2. The van der Waals surface area contributed by atoms with Gasteiger partial charge in [0.05, 0.1) is 19.1 Å². The van der Waals surface area contributed by atoms with Gasteiger partial charge in [-0.25, -0.2) is 0 Å². The molecule has 0 saturated carbocycles. The Hall–Kier alpha value is -2.70. The average molecular weight is 381 g/mol. The summed E-state index contributed by atoms with van der Waals surface area (Å²) in [6.45, 7) is 3.52. The largest absolute Gasteiger partial charge is 0.375 e. The van der Waals surface area contributed by atoms with E-state index in [-0.39, 0.29) is 17.9 Å². The first-order chi connectivity index (χ1) is 13.6. The summed E-state index contributed by atoms with van der Waals surface area (Å²) in [5.74, 6) is -0.181. The molecule has 0 bridgehead atoms. The maximum Gasteiger partial charge on any atom is 0.251 e. The molecule has 2 aromatic carbocycles. The second-order valence-corrected chi connectivity index (χ2v) is 6.97. The Morgan fingerprint density at radius 2 is 1.89 bits per heavy atom. The van der Waals surface area contributed by atoms with E-state index in [1.54, 1.807) is 19.2 Å². The van der Waals surface area contributed by atoms with Crippen LogP contribution in [0, 0.1) is 0 Å². The number of nitrogens with one attached hydrogen (secondary N) is 2. The molecule has 2 amide bonds. The van der Waals surface area contributed by atoms with Crippen molar-refractivity contribution in [2.75, 3.05) is 26.7 Å². The zero-order valence-corrected chi connectivity index (χ0v) is 16.2. The van der Waals surface area contributed by atoms with E-state index in [9.17, 15) is 9.59 Å². The quantitative estimate of drug-likeness (QED) is 0.769. The number of morpholine rings is 1. The summed E-state index contributed by atoms with van der Waals surface area (Å²) in [5, 5.41) is 5.53. The molecule has 0 aromatic heterocycles. The molecule has 28 heavy (non-hydrogen) atoms. The minimum absolute atomic E-state index is 0.0445. The van der Waals surface area contributed by atoms with E-state index in [1.807, 2.05) is 30.3 Å². The van der Waals surface area contributed by atoms with Crippen LogP contribution in [0.2, 0.25) is 0 Å². The van der Waals surface area contributed by atoms with Crippen LogP contribution in [-0.4, -0.2) is 49.6 Å². The number of amides is 2. The van der Waals surface area contributed by atoms with Crippen LogP contribution in [0.4, 0.5) is 0 Å². The summed E-state index contributed by atoms with van der Waals surface area (Å²) in [6.07, 6.45) is 0.232. The number of nitrogens with zero attached hydrogens (tertiary/aromatic N) is 1. The van der Waals surface area contributed by atoms with Crippen LogP contribution >= 0.6 is 0 Å². The summed E-state index contributed by atoms with van der Waals surface area (Å²) in [4.78, 5) is 26.4. The summed E-state index contributed by atoms with van der Waals surface area (Å²) in [5.41, 5.74) is 2.75. The van der Waals surface area contributed by atoms with E-state index in [4.69, 9.17) is 4.74 Å². The monoisotopic (exact) mass is 381 g/mol. The zero-order chi connectivity index (χ0) is 19.8. The standard InChI is InChI=1S/C22H27N3O3/c1-23-22(27)19-9-5-8-18(12-19)14-24-21(26)13-20-16-25(10-11-28-20)15-17-6-3-2-4-7-17/h2-9,12,20H,10-11,13-16H2,1H3,(H,23,27)(H,24,26)/t20-/m1/s1. The van der Waals surface area contributed by atoms with Crippen molar-refractivity contribution in [3.05, 3.63) is 71.3 Å². The molecule has 0 radical (unpaired) electrons. The number of ether oxygens (including phenoxy) is 1. The lowest BCUT2D eigenvalue weighted by atomic mass is 10.1. The average Bonchev–Trinajstić information content (AvgIpc) is 2.73. The Morgan fingerprint density at radius 1 is 1.11 bits per heavy atom. The van der Waals surface area contributed by atoms with Crippen molar-refractivity contribution >= 4 is 11.8 Å². The first-order valence-electron chi connectivity index (χ1n) is 9.59. The second kappa shape index (κ2) is 10.0. The third kappa shape index (κ3) is 5.90. The molecule has 1 aliphatic heterocycles. The van der Waals surface area contributed by atoms with Gasteiger partial charge in [0.25, 0.3) is 5.91 Å². The van der Waals surface area contributed by atoms with E-state index >= 15 is 0 Å². The van der Waals surface area contributed by atoms with Gasteiger partial charge >= 0.3 is 0 Å². The van der Waals surface area contributed by atoms with Crippen molar-refractivity contribution in [3.8, 4) is 0 Å². The Morgan fingerprint density at radius 3 is 2.68 bits per heavy atom. The third-order valence-electron chi connectivity index (χ3n) is 4.79. The van der Waals surface area contributed by atoms with Crippen molar-refractivity contribution in [2.24, 2.45) is 0 Å². The van der Waals surface area contributed by atoms with Crippen LogP contribution in [0.1, 0.15) is 27.9 Å². The highest BCUT2D eigenvalue weighted by Crippen LogP contribution is 2.13. The molecule has 1 aliphatic rings. The van der Waals surface area contributed by atoms with Crippen LogP contribution in [-0.2, 0) is 22.6 Å². The topological polar surface area (TPSA) is 70.7 Å². The smallest absolute Gasteiger partial charge is 0.251 e. The fraction of sp³-hybridized carbons (Fsp3) is 0.364. The van der Waals surface area contributed by atoms with Crippen LogP contribution in [0.3, 0.4) is 0 Å². The number of rotatable bonds is 7. The van der Waals surface area contributed by atoms with Crippen LogP contribution in [0.5, 0.6) is 0 Å². The van der Waals surface area contributed by atoms with Crippen molar-refractivity contribution in [1.82, 2.24) is 15.5 Å². The van der Waals surface area contributed by atoms with E-state index in [0.29, 0.717) is 25.1 Å². The summed E-state index contributed by atoms with van der Waals surface area (Å²) in [6, 6.07) is 17.6. The first-order valence-corrected chi connectivity index (χ1v) is 9.59. The predicted octanol–water partition coefficient (Wildman–Crippen LogP) is 1.95. The zero-order valence-electron chi connectivity index (χ0n) is 16.2. The molecule has 2 N–H and O–H groups in total. The lowest BCUT2D eigenvalue weighted by Crippen LogP contribution is -2.44. The van der Waals surface area contributed by atoms with Gasteiger partial charge in [0.1, 0.15) is 0 Å². The molecule has 6 heteroatoms. The molecule has 0 spiro atoms. The van der Waals surface area contributed by atoms with Gasteiger partial charge in [-0.1, -0.05) is 42.5 Å². The number of benzene rings is 2. The van der Waals surface area contributed by atoms with Crippen molar-refractivity contribution in [2.45, 2.75) is 25.6 Å². The van der Waals surface area contributed by atoms with Gasteiger partial charge in [-0.3, -0.25) is 14.5 Å². The van der Waals surface area contributed by atoms with Gasteiger partial charge in [-0.05, 0) is 23.3 Å². The molecule has 6 nitrogen and oxygen atoms in total. The molecule has 0 unspecified atom stereocenters. The predicted molar refractivity (Wildman–Crippen MR) is 108 cm³/mol.